The van der Waals surface area contributed by atoms with Gasteiger partial charge in [-0.15, -0.1) is 11.3 Å². The first kappa shape index (κ1) is 16.5. The lowest BCUT2D eigenvalue weighted by molar-refractivity contribution is -0.128. The van der Waals surface area contributed by atoms with Crippen LogP contribution in [0.3, 0.4) is 0 Å². The molecule has 0 saturated carbocycles. The Morgan fingerprint density at radius 3 is 2.86 bits per heavy atom. The van der Waals surface area contributed by atoms with Crippen LogP contribution >= 0.6 is 11.3 Å². The van der Waals surface area contributed by atoms with Crippen molar-refractivity contribution in [3.8, 4) is 5.75 Å². The molecule has 2 atom stereocenters. The van der Waals surface area contributed by atoms with E-state index in [0.717, 1.165) is 4.88 Å². The van der Waals surface area contributed by atoms with E-state index in [1.807, 2.05) is 17.5 Å². The molecule has 0 aliphatic heterocycles. The van der Waals surface area contributed by atoms with Crippen LogP contribution in [0.25, 0.3) is 0 Å². The zero-order chi connectivity index (χ0) is 16.2. The number of hydrogen-bond acceptors (Lipinski definition) is 4. The molecule has 1 heterocycles. The molecule has 0 aliphatic rings. The van der Waals surface area contributed by atoms with Gasteiger partial charge in [-0.1, -0.05) is 12.1 Å². The third kappa shape index (κ3) is 4.29. The van der Waals surface area contributed by atoms with Gasteiger partial charge < -0.3 is 15.2 Å². The van der Waals surface area contributed by atoms with Crippen molar-refractivity contribution in [2.24, 2.45) is 0 Å². The Morgan fingerprint density at radius 2 is 2.23 bits per heavy atom. The van der Waals surface area contributed by atoms with E-state index in [0.29, 0.717) is 0 Å². The smallest absolute Gasteiger partial charge is 0.260 e. The molecule has 22 heavy (non-hydrogen) atoms. The molecule has 1 aromatic heterocycles. The third-order valence-electron chi connectivity index (χ3n) is 3.14. The lowest BCUT2D eigenvalue weighted by Gasteiger charge is -2.23. The van der Waals surface area contributed by atoms with Gasteiger partial charge in [0, 0.05) is 10.9 Å². The van der Waals surface area contributed by atoms with Gasteiger partial charge in [-0.3, -0.25) is 4.79 Å². The Labute approximate surface area is 132 Å². The van der Waals surface area contributed by atoms with Crippen LogP contribution in [0.15, 0.2) is 41.8 Å². The molecule has 1 amide bonds. The van der Waals surface area contributed by atoms with Crippen LogP contribution in [-0.2, 0) is 10.4 Å². The number of hydrogen-bond donors (Lipinski definition) is 2. The summed E-state index contributed by atoms with van der Waals surface area (Å²) >= 11 is 1.42. The van der Waals surface area contributed by atoms with Gasteiger partial charge >= 0.3 is 0 Å². The SMILES string of the molecule is CC(Oc1cccc(F)c1)C(=O)NCC(C)(O)c1cccs1. The Morgan fingerprint density at radius 1 is 1.45 bits per heavy atom. The van der Waals surface area contributed by atoms with E-state index in [1.165, 1.54) is 29.5 Å². The van der Waals surface area contributed by atoms with Crippen molar-refractivity contribution in [2.45, 2.75) is 25.6 Å². The predicted molar refractivity (Wildman–Crippen MR) is 83.4 cm³/mol. The normalized spacial score (nSPS) is 14.9. The fraction of sp³-hybridized carbons (Fsp3) is 0.312. The summed E-state index contributed by atoms with van der Waals surface area (Å²) in [5.74, 6) is -0.514. The predicted octanol–water partition coefficient (Wildman–Crippen LogP) is 2.68. The molecule has 118 valence electrons. The van der Waals surface area contributed by atoms with Crippen LogP contribution in [0.4, 0.5) is 4.39 Å². The van der Waals surface area contributed by atoms with Crippen molar-refractivity contribution in [2.75, 3.05) is 6.54 Å². The third-order valence-corrected chi connectivity index (χ3v) is 4.26. The molecule has 0 spiro atoms. The Balaban J connectivity index is 1.89. The average molecular weight is 323 g/mol. The topological polar surface area (TPSA) is 58.6 Å². The van der Waals surface area contributed by atoms with Crippen molar-refractivity contribution in [3.05, 3.63) is 52.5 Å². The minimum atomic E-state index is -1.14. The van der Waals surface area contributed by atoms with Crippen LogP contribution < -0.4 is 10.1 Å². The molecule has 6 heteroatoms. The summed E-state index contributed by atoms with van der Waals surface area (Å²) in [5, 5.41) is 14.8. The van der Waals surface area contributed by atoms with Crippen molar-refractivity contribution in [1.29, 1.82) is 0 Å². The molecule has 0 aliphatic carbocycles. The second-order valence-corrected chi connectivity index (χ2v) is 6.13. The standard InChI is InChI=1S/C16H18FNO3S/c1-11(21-13-6-3-5-12(17)9-13)15(19)18-10-16(2,20)14-7-4-8-22-14/h3-9,11,20H,10H2,1-2H3,(H,18,19). The zero-order valence-corrected chi connectivity index (χ0v) is 13.2. The van der Waals surface area contributed by atoms with E-state index in [-0.39, 0.29) is 18.2 Å². The van der Waals surface area contributed by atoms with Gasteiger partial charge in [0.05, 0.1) is 6.54 Å². The van der Waals surface area contributed by atoms with Gasteiger partial charge in [-0.05, 0) is 37.4 Å². The molecule has 0 bridgehead atoms. The molecule has 0 radical (unpaired) electrons. The van der Waals surface area contributed by atoms with Gasteiger partial charge in [0.1, 0.15) is 17.2 Å². The van der Waals surface area contributed by atoms with E-state index in [2.05, 4.69) is 5.32 Å². The summed E-state index contributed by atoms with van der Waals surface area (Å²) in [4.78, 5) is 12.8. The van der Waals surface area contributed by atoms with Crippen LogP contribution in [0.2, 0.25) is 0 Å². The number of thiophene rings is 1. The van der Waals surface area contributed by atoms with Crippen LogP contribution in [-0.4, -0.2) is 23.7 Å². The summed E-state index contributed by atoms with van der Waals surface area (Å²) in [6.45, 7) is 3.28. The van der Waals surface area contributed by atoms with Crippen LogP contribution in [0.1, 0.15) is 18.7 Å². The summed E-state index contributed by atoms with van der Waals surface area (Å²) < 4.78 is 18.4. The minimum Gasteiger partial charge on any atom is -0.481 e. The highest BCUT2D eigenvalue weighted by atomic mass is 32.1. The quantitative estimate of drug-likeness (QED) is 0.859. The van der Waals surface area contributed by atoms with E-state index < -0.39 is 17.5 Å². The second-order valence-electron chi connectivity index (χ2n) is 5.19. The highest BCUT2D eigenvalue weighted by molar-refractivity contribution is 7.10. The van der Waals surface area contributed by atoms with Gasteiger partial charge in [0.25, 0.3) is 5.91 Å². The number of aliphatic hydroxyl groups is 1. The summed E-state index contributed by atoms with van der Waals surface area (Å²) in [6, 6.07) is 9.25. The highest BCUT2D eigenvalue weighted by Gasteiger charge is 2.26. The van der Waals surface area contributed by atoms with E-state index in [4.69, 9.17) is 4.74 Å². The fourth-order valence-corrected chi connectivity index (χ4v) is 2.66. The van der Waals surface area contributed by atoms with Gasteiger partial charge in [0.15, 0.2) is 6.10 Å². The second kappa shape index (κ2) is 6.89. The first-order valence-corrected chi connectivity index (χ1v) is 7.73. The lowest BCUT2D eigenvalue weighted by Crippen LogP contribution is -2.43. The number of rotatable bonds is 6. The molecule has 4 nitrogen and oxygen atoms in total. The number of carbonyl (C=O) groups is 1. The van der Waals surface area contributed by atoms with Crippen molar-refractivity contribution < 1.29 is 19.0 Å². The maximum atomic E-state index is 13.1. The van der Waals surface area contributed by atoms with Crippen molar-refractivity contribution in [3.63, 3.8) is 0 Å². The number of amides is 1. The number of benzene rings is 1. The summed E-state index contributed by atoms with van der Waals surface area (Å²) in [5.41, 5.74) is -1.14. The zero-order valence-electron chi connectivity index (χ0n) is 12.4. The Kier molecular flexibility index (Phi) is 5.15. The number of carbonyl (C=O) groups excluding carboxylic acids is 1. The molecular formula is C16H18FNO3S. The first-order valence-electron chi connectivity index (χ1n) is 6.85. The lowest BCUT2D eigenvalue weighted by atomic mass is 10.1. The Bertz CT molecular complexity index is 628. The van der Waals surface area contributed by atoms with E-state index in [1.54, 1.807) is 19.9 Å². The fourth-order valence-electron chi connectivity index (χ4n) is 1.87. The number of nitrogens with one attached hydrogen (secondary N) is 1. The molecule has 0 saturated heterocycles. The molecule has 2 unspecified atom stereocenters. The largest absolute Gasteiger partial charge is 0.481 e. The highest BCUT2D eigenvalue weighted by Crippen LogP contribution is 2.24. The van der Waals surface area contributed by atoms with Crippen molar-refractivity contribution >= 4 is 17.2 Å². The maximum Gasteiger partial charge on any atom is 0.260 e. The maximum absolute atomic E-state index is 13.1. The Hall–Kier alpha value is -1.92. The summed E-state index contributed by atoms with van der Waals surface area (Å²) in [6.07, 6.45) is -0.791. The molecule has 1 aromatic carbocycles. The van der Waals surface area contributed by atoms with Gasteiger partial charge in [-0.2, -0.15) is 0 Å². The number of halogens is 1. The summed E-state index contributed by atoms with van der Waals surface area (Å²) in [7, 11) is 0. The monoisotopic (exact) mass is 323 g/mol. The molecule has 2 aromatic rings. The molecular weight excluding hydrogens is 305 g/mol. The average Bonchev–Trinajstić information content (AvgIpc) is 3.00. The van der Waals surface area contributed by atoms with Crippen LogP contribution in [0, 0.1) is 5.82 Å². The van der Waals surface area contributed by atoms with E-state index >= 15 is 0 Å². The van der Waals surface area contributed by atoms with Crippen LogP contribution in [0.5, 0.6) is 5.75 Å². The molecule has 0 fully saturated rings. The van der Waals surface area contributed by atoms with Gasteiger partial charge in [-0.25, -0.2) is 4.39 Å². The minimum absolute atomic E-state index is 0.0726. The van der Waals surface area contributed by atoms with Gasteiger partial charge in [0.2, 0.25) is 0 Å². The van der Waals surface area contributed by atoms with Crippen molar-refractivity contribution in [1.82, 2.24) is 5.32 Å². The number of ether oxygens (including phenoxy) is 1. The molecule has 2 rings (SSSR count). The first-order chi connectivity index (χ1) is 10.4. The van der Waals surface area contributed by atoms with E-state index in [9.17, 15) is 14.3 Å². The molecule has 2 N–H and O–H groups in total.